The summed E-state index contributed by atoms with van der Waals surface area (Å²) in [6.07, 6.45) is 0. The van der Waals surface area contributed by atoms with Crippen LogP contribution in [0.4, 0.5) is 5.69 Å². The normalized spacial score (nSPS) is 15.3. The van der Waals surface area contributed by atoms with E-state index in [1.807, 2.05) is 13.0 Å². The highest BCUT2D eigenvalue weighted by Gasteiger charge is 2.21. The minimum absolute atomic E-state index is 0.144. The van der Waals surface area contributed by atoms with Gasteiger partial charge in [0.1, 0.15) is 0 Å². The fourth-order valence-corrected chi connectivity index (χ4v) is 3.75. The molecule has 138 valence electrons. The van der Waals surface area contributed by atoms with Gasteiger partial charge in [0.2, 0.25) is 0 Å². The van der Waals surface area contributed by atoms with Gasteiger partial charge in [-0.15, -0.1) is 0 Å². The van der Waals surface area contributed by atoms with Gasteiger partial charge in [-0.3, -0.25) is 14.7 Å². The minimum atomic E-state index is 0.144. The van der Waals surface area contributed by atoms with E-state index in [0.29, 0.717) is 11.6 Å². The molecule has 1 saturated heterocycles. The zero-order valence-electron chi connectivity index (χ0n) is 15.4. The van der Waals surface area contributed by atoms with Crippen LogP contribution in [0.1, 0.15) is 16.1 Å². The molecule has 0 bridgehead atoms. The number of benzene rings is 2. The molecule has 3 aromatic rings. The van der Waals surface area contributed by atoms with E-state index in [9.17, 15) is 4.79 Å². The number of pyridine rings is 1. The van der Waals surface area contributed by atoms with E-state index in [1.54, 1.807) is 24.3 Å². The Morgan fingerprint density at radius 1 is 1.04 bits per heavy atom. The van der Waals surface area contributed by atoms with Crippen LogP contribution < -0.4 is 4.90 Å². The first-order valence-electron chi connectivity index (χ1n) is 9.22. The Morgan fingerprint density at radius 2 is 1.74 bits per heavy atom. The first kappa shape index (κ1) is 18.0. The van der Waals surface area contributed by atoms with Gasteiger partial charge in [-0.25, -0.2) is 0 Å². The van der Waals surface area contributed by atoms with E-state index >= 15 is 0 Å². The number of nitrogens with zero attached hydrogens (tertiary/aromatic N) is 3. The number of para-hydroxylation sites is 1. The van der Waals surface area contributed by atoms with Crippen molar-refractivity contribution in [3.8, 4) is 0 Å². The zero-order chi connectivity index (χ0) is 18.8. The lowest BCUT2D eigenvalue weighted by molar-refractivity contribution is 0.0926. The average molecular weight is 380 g/mol. The third kappa shape index (κ3) is 3.97. The van der Waals surface area contributed by atoms with Gasteiger partial charge in [-0.05, 0) is 43.3 Å². The Morgan fingerprint density at radius 3 is 2.48 bits per heavy atom. The lowest BCUT2D eigenvalue weighted by Crippen LogP contribution is -2.48. The van der Waals surface area contributed by atoms with Gasteiger partial charge in [-0.2, -0.15) is 0 Å². The standard InChI is InChI=1S/C22H22ClN3O/c1-16-14-21(19-4-2-3-5-20(19)24-16)26-12-10-25(11-13-26)15-22(27)17-6-8-18(23)9-7-17/h2-9,14H,10-13,15H2,1H3. The summed E-state index contributed by atoms with van der Waals surface area (Å²) in [7, 11) is 0. The maximum atomic E-state index is 12.5. The van der Waals surface area contributed by atoms with Crippen molar-refractivity contribution < 1.29 is 4.79 Å². The number of fused-ring (bicyclic) bond motifs is 1. The molecule has 0 radical (unpaired) electrons. The number of ketones is 1. The van der Waals surface area contributed by atoms with Crippen LogP contribution in [0.3, 0.4) is 0 Å². The van der Waals surface area contributed by atoms with E-state index < -0.39 is 0 Å². The summed E-state index contributed by atoms with van der Waals surface area (Å²) < 4.78 is 0. The van der Waals surface area contributed by atoms with Crippen LogP contribution in [-0.4, -0.2) is 48.4 Å². The third-order valence-electron chi connectivity index (χ3n) is 5.07. The highest BCUT2D eigenvalue weighted by molar-refractivity contribution is 6.30. The molecule has 5 heteroatoms. The third-order valence-corrected chi connectivity index (χ3v) is 5.32. The predicted molar refractivity (Wildman–Crippen MR) is 111 cm³/mol. The summed E-state index contributed by atoms with van der Waals surface area (Å²) in [6.45, 7) is 6.04. The Kier molecular flexibility index (Phi) is 5.10. The van der Waals surface area contributed by atoms with Crippen molar-refractivity contribution in [3.05, 3.63) is 70.9 Å². The predicted octanol–water partition coefficient (Wildman–Crippen LogP) is 4.20. The number of piperazine rings is 1. The summed E-state index contributed by atoms with van der Waals surface area (Å²) in [4.78, 5) is 21.8. The molecule has 0 atom stereocenters. The van der Waals surface area contributed by atoms with Crippen LogP contribution in [0, 0.1) is 6.92 Å². The second-order valence-corrected chi connectivity index (χ2v) is 7.43. The van der Waals surface area contributed by atoms with Gasteiger partial charge in [0.15, 0.2) is 5.78 Å². The fourth-order valence-electron chi connectivity index (χ4n) is 3.62. The topological polar surface area (TPSA) is 36.4 Å². The molecular formula is C22H22ClN3O. The summed E-state index contributed by atoms with van der Waals surface area (Å²) in [6, 6.07) is 17.6. The number of hydrogen-bond acceptors (Lipinski definition) is 4. The smallest absolute Gasteiger partial charge is 0.176 e. The molecule has 0 spiro atoms. The highest BCUT2D eigenvalue weighted by Crippen LogP contribution is 2.27. The molecule has 1 aliphatic heterocycles. The summed E-state index contributed by atoms with van der Waals surface area (Å²) in [5, 5.41) is 1.84. The number of carbonyl (C=O) groups is 1. The molecule has 0 amide bonds. The molecule has 0 saturated carbocycles. The molecule has 4 nitrogen and oxygen atoms in total. The number of hydrogen-bond donors (Lipinski definition) is 0. The van der Waals surface area contributed by atoms with Crippen LogP contribution in [-0.2, 0) is 0 Å². The number of halogens is 1. The van der Waals surface area contributed by atoms with Crippen molar-refractivity contribution in [3.63, 3.8) is 0 Å². The molecule has 1 aliphatic rings. The van der Waals surface area contributed by atoms with Crippen molar-refractivity contribution in [1.29, 1.82) is 0 Å². The second-order valence-electron chi connectivity index (χ2n) is 6.99. The molecule has 2 aromatic carbocycles. The van der Waals surface area contributed by atoms with Gasteiger partial charge >= 0.3 is 0 Å². The molecule has 4 rings (SSSR count). The number of carbonyl (C=O) groups excluding carboxylic acids is 1. The molecular weight excluding hydrogens is 358 g/mol. The van der Waals surface area contributed by atoms with Crippen molar-refractivity contribution in [2.45, 2.75) is 6.92 Å². The first-order valence-corrected chi connectivity index (χ1v) is 9.60. The van der Waals surface area contributed by atoms with E-state index in [0.717, 1.165) is 43.0 Å². The Labute approximate surface area is 164 Å². The number of aryl methyl sites for hydroxylation is 1. The molecule has 0 N–H and O–H groups in total. The Balaban J connectivity index is 1.43. The Hall–Kier alpha value is -2.43. The average Bonchev–Trinajstić information content (AvgIpc) is 2.68. The van der Waals surface area contributed by atoms with Crippen LogP contribution >= 0.6 is 11.6 Å². The summed E-state index contributed by atoms with van der Waals surface area (Å²) in [5.74, 6) is 0.144. The SMILES string of the molecule is Cc1cc(N2CCN(CC(=O)c3ccc(Cl)cc3)CC2)c2ccccc2n1. The number of Topliss-reactive ketones (excluding diaryl/α,β-unsaturated/α-hetero) is 1. The fraction of sp³-hybridized carbons (Fsp3) is 0.273. The number of aromatic nitrogens is 1. The monoisotopic (exact) mass is 379 g/mol. The van der Waals surface area contributed by atoms with E-state index in [4.69, 9.17) is 11.6 Å². The maximum Gasteiger partial charge on any atom is 0.176 e. The van der Waals surface area contributed by atoms with Gasteiger partial charge in [-0.1, -0.05) is 29.8 Å². The van der Waals surface area contributed by atoms with Gasteiger partial charge in [0.25, 0.3) is 0 Å². The van der Waals surface area contributed by atoms with Crippen LogP contribution in [0.2, 0.25) is 5.02 Å². The second kappa shape index (κ2) is 7.67. The molecule has 1 fully saturated rings. The van der Waals surface area contributed by atoms with Crippen LogP contribution in [0.15, 0.2) is 54.6 Å². The molecule has 0 unspecified atom stereocenters. The van der Waals surface area contributed by atoms with Crippen molar-refractivity contribution in [1.82, 2.24) is 9.88 Å². The lowest BCUT2D eigenvalue weighted by Gasteiger charge is -2.36. The molecule has 0 aliphatic carbocycles. The van der Waals surface area contributed by atoms with Gasteiger partial charge in [0, 0.05) is 53.5 Å². The van der Waals surface area contributed by atoms with Gasteiger partial charge in [0.05, 0.1) is 12.1 Å². The van der Waals surface area contributed by atoms with Crippen molar-refractivity contribution >= 4 is 34.0 Å². The van der Waals surface area contributed by atoms with Crippen molar-refractivity contribution in [2.24, 2.45) is 0 Å². The van der Waals surface area contributed by atoms with Crippen molar-refractivity contribution in [2.75, 3.05) is 37.6 Å². The molecule has 27 heavy (non-hydrogen) atoms. The van der Waals surface area contributed by atoms with Gasteiger partial charge < -0.3 is 4.90 Å². The van der Waals surface area contributed by atoms with E-state index in [1.165, 1.54) is 11.1 Å². The van der Waals surface area contributed by atoms with Crippen LogP contribution in [0.5, 0.6) is 0 Å². The van der Waals surface area contributed by atoms with E-state index in [2.05, 4.69) is 39.0 Å². The molecule has 1 aromatic heterocycles. The highest BCUT2D eigenvalue weighted by atomic mass is 35.5. The largest absolute Gasteiger partial charge is 0.368 e. The maximum absolute atomic E-state index is 12.5. The minimum Gasteiger partial charge on any atom is -0.368 e. The summed E-state index contributed by atoms with van der Waals surface area (Å²) in [5.41, 5.74) is 4.02. The lowest BCUT2D eigenvalue weighted by atomic mass is 10.1. The number of anilines is 1. The summed E-state index contributed by atoms with van der Waals surface area (Å²) >= 11 is 5.90. The van der Waals surface area contributed by atoms with Crippen LogP contribution in [0.25, 0.3) is 10.9 Å². The Bertz CT molecular complexity index is 963. The number of rotatable bonds is 4. The van der Waals surface area contributed by atoms with E-state index in [-0.39, 0.29) is 5.78 Å². The zero-order valence-corrected chi connectivity index (χ0v) is 16.1. The first-order chi connectivity index (χ1) is 13.1. The quantitative estimate of drug-likeness (QED) is 0.636. The molecule has 2 heterocycles.